The molecule has 2 aliphatic rings. The number of hydrogen-bond acceptors (Lipinski definition) is 4. The van der Waals surface area contributed by atoms with Crippen LogP contribution in [0.4, 0.5) is 11.4 Å². The molecular formula is C14H6N2O4. The molecule has 0 atom stereocenters. The molecule has 2 heterocycles. The van der Waals surface area contributed by atoms with Crippen LogP contribution in [0.2, 0.25) is 0 Å². The van der Waals surface area contributed by atoms with Gasteiger partial charge < -0.3 is 15.0 Å². The average Bonchev–Trinajstić information content (AvgIpc) is 2.43. The quantitative estimate of drug-likeness (QED) is 0.475. The Kier molecular flexibility index (Phi) is 1.90. The van der Waals surface area contributed by atoms with Gasteiger partial charge in [-0.15, -0.1) is 0 Å². The first-order chi connectivity index (χ1) is 9.66. The summed E-state index contributed by atoms with van der Waals surface area (Å²) in [7, 11) is 0. The van der Waals surface area contributed by atoms with Gasteiger partial charge in [0.2, 0.25) is 11.4 Å². The van der Waals surface area contributed by atoms with Gasteiger partial charge in [0.1, 0.15) is 0 Å². The van der Waals surface area contributed by atoms with Gasteiger partial charge >= 0.3 is 11.9 Å². The second kappa shape index (κ2) is 3.51. The van der Waals surface area contributed by atoms with Crippen LogP contribution in [-0.4, -0.2) is 11.9 Å². The molecule has 0 amide bonds. The highest BCUT2D eigenvalue weighted by Gasteiger charge is 2.38. The Morgan fingerprint density at radius 2 is 1.25 bits per heavy atom. The Bertz CT molecular complexity index is 758. The number of rotatable bonds is 2. The normalized spacial score (nSPS) is 14.2. The van der Waals surface area contributed by atoms with Gasteiger partial charge in [0, 0.05) is 12.1 Å². The van der Waals surface area contributed by atoms with E-state index in [1.54, 1.807) is 36.4 Å². The second-order valence-electron chi connectivity index (χ2n) is 4.39. The van der Waals surface area contributed by atoms with Gasteiger partial charge in [0.25, 0.3) is 0 Å². The van der Waals surface area contributed by atoms with E-state index in [1.807, 2.05) is 0 Å². The lowest BCUT2D eigenvalue weighted by atomic mass is 10.0. The van der Waals surface area contributed by atoms with Crippen LogP contribution in [0.5, 0.6) is 11.5 Å². The molecule has 4 rings (SSSR count). The van der Waals surface area contributed by atoms with Crippen molar-refractivity contribution in [1.82, 2.24) is 4.70 Å². The molecule has 2 aliphatic heterocycles. The van der Waals surface area contributed by atoms with E-state index in [0.29, 0.717) is 22.6 Å². The van der Waals surface area contributed by atoms with Gasteiger partial charge in [-0.25, -0.2) is 14.3 Å². The topological polar surface area (TPSA) is 77.9 Å². The van der Waals surface area contributed by atoms with E-state index < -0.39 is 11.9 Å². The number of carbonyl (C=O) groups excluding carboxylic acids is 2. The minimum Gasteiger partial charge on any atom is -0.493 e. The van der Waals surface area contributed by atoms with Gasteiger partial charge in [-0.2, -0.15) is 0 Å². The van der Waals surface area contributed by atoms with E-state index in [9.17, 15) is 15.1 Å². The van der Waals surface area contributed by atoms with E-state index in [1.165, 1.54) is 0 Å². The van der Waals surface area contributed by atoms with Crippen LogP contribution in [0.1, 0.15) is 20.7 Å². The highest BCUT2D eigenvalue weighted by molar-refractivity contribution is 6.08. The van der Waals surface area contributed by atoms with E-state index in [2.05, 4.69) is 0 Å². The largest absolute Gasteiger partial charge is 0.493 e. The molecule has 0 unspecified atom stereocenters. The Labute approximate surface area is 112 Å². The SMILES string of the molecule is [N-]=[N+](c1cccc2c1C(=O)O2)c1cccc2c1C(=O)O2. The fourth-order valence-corrected chi connectivity index (χ4v) is 2.31. The van der Waals surface area contributed by atoms with E-state index >= 15 is 0 Å². The zero-order chi connectivity index (χ0) is 13.9. The summed E-state index contributed by atoms with van der Waals surface area (Å²) in [5.74, 6) is -0.202. The van der Waals surface area contributed by atoms with Crippen molar-refractivity contribution < 1.29 is 19.1 Å². The summed E-state index contributed by atoms with van der Waals surface area (Å²) in [6.45, 7) is 0. The molecule has 20 heavy (non-hydrogen) atoms. The predicted molar refractivity (Wildman–Crippen MR) is 67.6 cm³/mol. The van der Waals surface area contributed by atoms with Crippen molar-refractivity contribution in [3.63, 3.8) is 0 Å². The minimum atomic E-state index is -0.507. The van der Waals surface area contributed by atoms with Gasteiger partial charge in [-0.3, -0.25) is 0 Å². The molecule has 0 saturated carbocycles. The third-order valence-corrected chi connectivity index (χ3v) is 3.28. The fourth-order valence-electron chi connectivity index (χ4n) is 2.31. The molecule has 0 spiro atoms. The predicted octanol–water partition coefficient (Wildman–Crippen LogP) is 2.61. The molecule has 2 aromatic rings. The van der Waals surface area contributed by atoms with Crippen LogP contribution in [0.3, 0.4) is 0 Å². The Balaban J connectivity index is 1.88. The van der Waals surface area contributed by atoms with Gasteiger partial charge in [-0.1, -0.05) is 12.1 Å². The van der Waals surface area contributed by atoms with Crippen LogP contribution in [0, 0.1) is 0 Å². The maximum absolute atomic E-state index is 11.5. The van der Waals surface area contributed by atoms with Crippen molar-refractivity contribution in [2.45, 2.75) is 0 Å². The lowest BCUT2D eigenvalue weighted by molar-refractivity contribution is 0.0652. The van der Waals surface area contributed by atoms with Crippen molar-refractivity contribution in [3.05, 3.63) is 53.1 Å². The molecule has 2 aromatic carbocycles. The molecule has 0 aliphatic carbocycles. The summed E-state index contributed by atoms with van der Waals surface area (Å²) >= 11 is 0. The molecule has 6 nitrogen and oxygen atoms in total. The maximum Gasteiger partial charge on any atom is 0.354 e. The van der Waals surface area contributed by atoms with Crippen molar-refractivity contribution in [2.24, 2.45) is 0 Å². The summed E-state index contributed by atoms with van der Waals surface area (Å²) in [6, 6.07) is 9.71. The molecule has 0 bridgehead atoms. The smallest absolute Gasteiger partial charge is 0.354 e. The Morgan fingerprint density at radius 1 is 0.800 bits per heavy atom. The average molecular weight is 266 g/mol. The first kappa shape index (κ1) is 10.9. The summed E-state index contributed by atoms with van der Waals surface area (Å²) in [5, 5.41) is 0. The first-order valence-electron chi connectivity index (χ1n) is 5.86. The monoisotopic (exact) mass is 266 g/mol. The lowest BCUT2D eigenvalue weighted by Crippen LogP contribution is -2.25. The van der Waals surface area contributed by atoms with E-state index in [0.717, 1.165) is 4.70 Å². The van der Waals surface area contributed by atoms with E-state index in [-0.39, 0.29) is 11.4 Å². The molecule has 0 radical (unpaired) electrons. The zero-order valence-corrected chi connectivity index (χ0v) is 9.99. The molecule has 0 fully saturated rings. The van der Waals surface area contributed by atoms with Gasteiger partial charge in [0.15, 0.2) is 22.6 Å². The van der Waals surface area contributed by atoms with Crippen LogP contribution >= 0.6 is 0 Å². The number of fused-ring (bicyclic) bond motifs is 2. The van der Waals surface area contributed by atoms with E-state index in [4.69, 9.17) is 9.47 Å². The zero-order valence-electron chi connectivity index (χ0n) is 9.99. The molecule has 96 valence electrons. The number of hydrogen-bond donors (Lipinski definition) is 0. The number of nitrogens with zero attached hydrogens (tertiary/aromatic N) is 2. The summed E-state index contributed by atoms with van der Waals surface area (Å²) < 4.78 is 10.5. The number of ether oxygens (including phenoxy) is 2. The second-order valence-corrected chi connectivity index (χ2v) is 4.39. The van der Waals surface area contributed by atoms with Crippen LogP contribution < -0.4 is 14.2 Å². The number of carbonyl (C=O) groups is 2. The van der Waals surface area contributed by atoms with Crippen molar-refractivity contribution in [1.29, 1.82) is 0 Å². The fraction of sp³-hybridized carbons (Fsp3) is 0. The maximum atomic E-state index is 11.5. The molecule has 0 saturated heterocycles. The first-order valence-corrected chi connectivity index (χ1v) is 5.86. The van der Waals surface area contributed by atoms with Crippen molar-refractivity contribution in [2.75, 3.05) is 0 Å². The molecular weight excluding hydrogens is 260 g/mol. The highest BCUT2D eigenvalue weighted by Crippen LogP contribution is 2.41. The Hall–Kier alpha value is -3.02. The minimum absolute atomic E-state index is 0.270. The summed E-state index contributed by atoms with van der Waals surface area (Å²) in [4.78, 5) is 22.9. The Morgan fingerprint density at radius 3 is 1.65 bits per heavy atom. The standard InChI is InChI=1S/C14H6N2O4/c15-16(7-3-1-5-9-11(7)13(17)19-9)8-4-2-6-10-12(8)14(18)20-10/h1-6H. The lowest BCUT2D eigenvalue weighted by Gasteiger charge is -2.22. The summed E-state index contributed by atoms with van der Waals surface area (Å²) in [5.41, 5.74) is 11.4. The number of benzene rings is 2. The molecule has 0 N–H and O–H groups in total. The van der Waals surface area contributed by atoms with Crippen LogP contribution in [0.25, 0.3) is 5.53 Å². The summed E-state index contributed by atoms with van der Waals surface area (Å²) in [6.07, 6.45) is 0. The molecule has 6 heteroatoms. The van der Waals surface area contributed by atoms with Gasteiger partial charge in [0.05, 0.1) is 0 Å². The third kappa shape index (κ3) is 1.22. The van der Waals surface area contributed by atoms with Crippen LogP contribution in [-0.2, 0) is 0 Å². The number of esters is 2. The van der Waals surface area contributed by atoms with Crippen molar-refractivity contribution in [3.8, 4) is 11.5 Å². The van der Waals surface area contributed by atoms with Crippen LogP contribution in [0.15, 0.2) is 36.4 Å². The highest BCUT2D eigenvalue weighted by atomic mass is 16.6. The van der Waals surface area contributed by atoms with Crippen molar-refractivity contribution >= 4 is 23.3 Å². The molecule has 0 aromatic heterocycles. The third-order valence-electron chi connectivity index (χ3n) is 3.28. The van der Waals surface area contributed by atoms with Gasteiger partial charge in [-0.05, 0) is 12.1 Å².